The third-order valence-corrected chi connectivity index (χ3v) is 3.63. The lowest BCUT2D eigenvalue weighted by atomic mass is 10.1. The summed E-state index contributed by atoms with van der Waals surface area (Å²) < 4.78 is 1.59. The molecule has 1 atom stereocenters. The molecule has 2 heterocycles. The number of amides is 1. The molecule has 0 radical (unpaired) electrons. The Balaban J connectivity index is 1.87. The molecule has 0 spiro atoms. The lowest BCUT2D eigenvalue weighted by Gasteiger charge is -2.20. The van der Waals surface area contributed by atoms with Crippen LogP contribution in [0.3, 0.4) is 0 Å². The van der Waals surface area contributed by atoms with Gasteiger partial charge in [-0.15, -0.1) is 0 Å². The van der Waals surface area contributed by atoms with Gasteiger partial charge in [-0.2, -0.15) is 0 Å². The monoisotopic (exact) mass is 307 g/mol. The first kappa shape index (κ1) is 14.8. The molecule has 3 rings (SSSR count). The van der Waals surface area contributed by atoms with Gasteiger partial charge in [-0.25, -0.2) is 0 Å². The molecule has 1 amide bonds. The Labute approximate surface area is 133 Å². The van der Waals surface area contributed by atoms with Crippen molar-refractivity contribution >= 4 is 5.91 Å². The molecule has 0 aliphatic rings. The van der Waals surface area contributed by atoms with Crippen LogP contribution in [0.2, 0.25) is 0 Å². The van der Waals surface area contributed by atoms with Gasteiger partial charge in [0.2, 0.25) is 0 Å². The van der Waals surface area contributed by atoms with Crippen molar-refractivity contribution in [2.45, 2.75) is 12.6 Å². The summed E-state index contributed by atoms with van der Waals surface area (Å²) in [4.78, 5) is 27.2. The maximum Gasteiger partial charge on any atom is 0.268 e. The number of carbonyl (C=O) groups is 1. The van der Waals surface area contributed by atoms with E-state index in [1.807, 2.05) is 30.3 Å². The smallest absolute Gasteiger partial charge is 0.268 e. The van der Waals surface area contributed by atoms with Crippen LogP contribution in [-0.2, 0) is 6.54 Å². The van der Waals surface area contributed by atoms with Gasteiger partial charge in [-0.1, -0.05) is 36.4 Å². The molecule has 3 aromatic rings. The number of benzene rings is 1. The van der Waals surface area contributed by atoms with Crippen molar-refractivity contribution in [3.63, 3.8) is 0 Å². The number of carbonyl (C=O) groups excluding carboxylic acids is 1. The van der Waals surface area contributed by atoms with Crippen molar-refractivity contribution < 1.29 is 4.79 Å². The summed E-state index contributed by atoms with van der Waals surface area (Å²) in [5.41, 5.74) is 1.34. The summed E-state index contributed by atoms with van der Waals surface area (Å²) >= 11 is 0. The van der Waals surface area contributed by atoms with Crippen molar-refractivity contribution in [3.8, 4) is 0 Å². The van der Waals surface area contributed by atoms with Gasteiger partial charge in [0.1, 0.15) is 5.69 Å². The SMILES string of the molecule is O=C(N[C@@H](Cn1ccccc1=O)c1ccccc1)c1ccc[nH]1. The van der Waals surface area contributed by atoms with Crippen LogP contribution < -0.4 is 10.9 Å². The Morgan fingerprint density at radius 2 is 1.83 bits per heavy atom. The number of aromatic nitrogens is 2. The molecule has 0 saturated heterocycles. The summed E-state index contributed by atoms with van der Waals surface area (Å²) in [6.07, 6.45) is 3.42. The first-order valence-electron chi connectivity index (χ1n) is 7.39. The highest BCUT2D eigenvalue weighted by Gasteiger charge is 2.17. The minimum atomic E-state index is -0.299. The van der Waals surface area contributed by atoms with E-state index in [0.717, 1.165) is 5.56 Å². The van der Waals surface area contributed by atoms with Crippen LogP contribution >= 0.6 is 0 Å². The summed E-state index contributed by atoms with van der Waals surface area (Å²) in [7, 11) is 0. The maximum absolute atomic E-state index is 12.3. The zero-order chi connectivity index (χ0) is 16.1. The van der Waals surface area contributed by atoms with E-state index in [1.54, 1.807) is 41.2 Å². The molecule has 5 nitrogen and oxygen atoms in total. The molecule has 0 bridgehead atoms. The van der Waals surface area contributed by atoms with Crippen molar-refractivity contribution in [3.05, 3.63) is 94.7 Å². The lowest BCUT2D eigenvalue weighted by Crippen LogP contribution is -2.34. The van der Waals surface area contributed by atoms with E-state index in [0.29, 0.717) is 12.2 Å². The molecule has 0 aliphatic heterocycles. The van der Waals surface area contributed by atoms with Gasteiger partial charge in [0.15, 0.2) is 0 Å². The molecule has 0 aliphatic carbocycles. The number of hydrogen-bond donors (Lipinski definition) is 2. The van der Waals surface area contributed by atoms with E-state index in [4.69, 9.17) is 0 Å². The fraction of sp³-hybridized carbons (Fsp3) is 0.111. The molecule has 0 unspecified atom stereocenters. The fourth-order valence-electron chi connectivity index (χ4n) is 2.44. The average Bonchev–Trinajstić information content (AvgIpc) is 3.11. The molecule has 1 aromatic carbocycles. The summed E-state index contributed by atoms with van der Waals surface area (Å²) in [5, 5.41) is 2.98. The minimum absolute atomic E-state index is 0.0949. The van der Waals surface area contributed by atoms with E-state index in [9.17, 15) is 9.59 Å². The second-order valence-electron chi connectivity index (χ2n) is 5.21. The van der Waals surface area contributed by atoms with Crippen LogP contribution in [0.1, 0.15) is 22.1 Å². The maximum atomic E-state index is 12.3. The first-order chi connectivity index (χ1) is 11.2. The normalized spacial score (nSPS) is 11.8. The second-order valence-corrected chi connectivity index (χ2v) is 5.21. The minimum Gasteiger partial charge on any atom is -0.357 e. The van der Waals surface area contributed by atoms with Crippen LogP contribution in [-0.4, -0.2) is 15.5 Å². The zero-order valence-corrected chi connectivity index (χ0v) is 12.5. The standard InChI is InChI=1S/C18H17N3O2/c22-17-10-4-5-12-21(17)13-16(14-7-2-1-3-8-14)20-18(23)15-9-6-11-19-15/h1-12,16,19H,13H2,(H,20,23)/t16-/m0/s1. The van der Waals surface area contributed by atoms with Gasteiger partial charge in [0.05, 0.1) is 12.6 Å². The predicted octanol–water partition coefficient (Wildman–Crippen LogP) is 2.35. The topological polar surface area (TPSA) is 66.9 Å². The molecule has 5 heteroatoms. The molecule has 116 valence electrons. The Kier molecular flexibility index (Phi) is 4.38. The largest absolute Gasteiger partial charge is 0.357 e. The van der Waals surface area contributed by atoms with Crippen molar-refractivity contribution in [2.24, 2.45) is 0 Å². The van der Waals surface area contributed by atoms with E-state index in [1.165, 1.54) is 6.07 Å². The quantitative estimate of drug-likeness (QED) is 0.760. The van der Waals surface area contributed by atoms with E-state index in [2.05, 4.69) is 10.3 Å². The van der Waals surface area contributed by atoms with Crippen LogP contribution in [0.5, 0.6) is 0 Å². The highest BCUT2D eigenvalue weighted by molar-refractivity contribution is 5.92. The second kappa shape index (κ2) is 6.79. The molecule has 0 fully saturated rings. The number of nitrogens with one attached hydrogen (secondary N) is 2. The average molecular weight is 307 g/mol. The number of nitrogens with zero attached hydrogens (tertiary/aromatic N) is 1. The Morgan fingerprint density at radius 1 is 1.04 bits per heavy atom. The number of aromatic amines is 1. The van der Waals surface area contributed by atoms with Crippen LogP contribution in [0.4, 0.5) is 0 Å². The van der Waals surface area contributed by atoms with Gasteiger partial charge in [-0.3, -0.25) is 9.59 Å². The van der Waals surface area contributed by atoms with Gasteiger partial charge < -0.3 is 14.9 Å². The van der Waals surface area contributed by atoms with Gasteiger partial charge in [-0.05, 0) is 23.8 Å². The number of pyridine rings is 1. The summed E-state index contributed by atoms with van der Waals surface area (Å²) in [6.45, 7) is 0.371. The molecule has 2 aromatic heterocycles. The van der Waals surface area contributed by atoms with Crippen LogP contribution in [0.25, 0.3) is 0 Å². The van der Waals surface area contributed by atoms with Gasteiger partial charge in [0.25, 0.3) is 11.5 Å². The number of hydrogen-bond acceptors (Lipinski definition) is 2. The fourth-order valence-corrected chi connectivity index (χ4v) is 2.44. The highest BCUT2D eigenvalue weighted by atomic mass is 16.2. The zero-order valence-electron chi connectivity index (χ0n) is 12.5. The molecular formula is C18H17N3O2. The highest BCUT2D eigenvalue weighted by Crippen LogP contribution is 2.15. The lowest BCUT2D eigenvalue weighted by molar-refractivity contribution is 0.0928. The third-order valence-electron chi connectivity index (χ3n) is 3.63. The summed E-state index contributed by atoms with van der Waals surface area (Å²) in [6, 6.07) is 17.8. The molecule has 2 N–H and O–H groups in total. The number of rotatable bonds is 5. The molecule has 0 saturated carbocycles. The number of H-pyrrole nitrogens is 1. The van der Waals surface area contributed by atoms with Gasteiger partial charge >= 0.3 is 0 Å². The predicted molar refractivity (Wildman–Crippen MR) is 88.1 cm³/mol. The first-order valence-corrected chi connectivity index (χ1v) is 7.39. The third kappa shape index (κ3) is 3.58. The Morgan fingerprint density at radius 3 is 2.52 bits per heavy atom. The van der Waals surface area contributed by atoms with Crippen LogP contribution in [0.15, 0.2) is 77.9 Å². The Hall–Kier alpha value is -3.08. The van der Waals surface area contributed by atoms with E-state index >= 15 is 0 Å². The van der Waals surface area contributed by atoms with Crippen molar-refractivity contribution in [2.75, 3.05) is 0 Å². The van der Waals surface area contributed by atoms with E-state index < -0.39 is 0 Å². The summed E-state index contributed by atoms with van der Waals surface area (Å²) in [5.74, 6) is -0.201. The molecular weight excluding hydrogens is 290 g/mol. The van der Waals surface area contributed by atoms with Gasteiger partial charge in [0, 0.05) is 18.5 Å². The van der Waals surface area contributed by atoms with Crippen molar-refractivity contribution in [1.29, 1.82) is 0 Å². The molecule has 23 heavy (non-hydrogen) atoms. The van der Waals surface area contributed by atoms with Crippen molar-refractivity contribution in [1.82, 2.24) is 14.9 Å². The Bertz CT molecular complexity index is 823. The van der Waals surface area contributed by atoms with Crippen LogP contribution in [0, 0.1) is 0 Å². The van der Waals surface area contributed by atoms with E-state index in [-0.39, 0.29) is 17.5 Å².